The first-order chi connectivity index (χ1) is 11.0. The molecule has 1 aliphatic rings. The van der Waals surface area contributed by atoms with Crippen molar-refractivity contribution in [3.05, 3.63) is 35.9 Å². The van der Waals surface area contributed by atoms with Crippen molar-refractivity contribution < 1.29 is 14.4 Å². The van der Waals surface area contributed by atoms with Gasteiger partial charge in [-0.2, -0.15) is 0 Å². The third kappa shape index (κ3) is 4.29. The molecule has 7 nitrogen and oxygen atoms in total. The molecule has 0 unspecified atom stereocenters. The summed E-state index contributed by atoms with van der Waals surface area (Å²) >= 11 is 0. The maximum Gasteiger partial charge on any atom is 0.321 e. The van der Waals surface area contributed by atoms with Gasteiger partial charge in [0.1, 0.15) is 0 Å². The van der Waals surface area contributed by atoms with Crippen LogP contribution in [0.25, 0.3) is 0 Å². The van der Waals surface area contributed by atoms with Crippen LogP contribution >= 0.6 is 0 Å². The fourth-order valence-corrected chi connectivity index (χ4v) is 2.52. The third-order valence-electron chi connectivity index (χ3n) is 4.01. The van der Waals surface area contributed by atoms with Gasteiger partial charge < -0.3 is 10.2 Å². The lowest BCUT2D eigenvalue weighted by atomic mass is 10.1. The summed E-state index contributed by atoms with van der Waals surface area (Å²) in [4.78, 5) is 39.3. The molecule has 7 heteroatoms. The van der Waals surface area contributed by atoms with Crippen LogP contribution in [-0.4, -0.2) is 66.9 Å². The number of benzene rings is 1. The number of amides is 4. The van der Waals surface area contributed by atoms with Crippen LogP contribution < -0.4 is 10.6 Å². The van der Waals surface area contributed by atoms with Gasteiger partial charge >= 0.3 is 6.03 Å². The van der Waals surface area contributed by atoms with E-state index >= 15 is 0 Å². The molecule has 23 heavy (non-hydrogen) atoms. The molecule has 2 N–H and O–H groups in total. The van der Waals surface area contributed by atoms with Crippen molar-refractivity contribution in [3.8, 4) is 0 Å². The zero-order chi connectivity index (χ0) is 16.8. The molecule has 1 fully saturated rings. The summed E-state index contributed by atoms with van der Waals surface area (Å²) in [5.41, 5.74) is 0.673. The molecule has 4 amide bonds. The van der Waals surface area contributed by atoms with E-state index in [0.29, 0.717) is 31.7 Å². The van der Waals surface area contributed by atoms with Gasteiger partial charge in [0, 0.05) is 38.8 Å². The quantitative estimate of drug-likeness (QED) is 0.839. The van der Waals surface area contributed by atoms with Crippen LogP contribution in [0.3, 0.4) is 0 Å². The molecular formula is C16H22N4O3. The molecule has 0 aliphatic carbocycles. The minimum atomic E-state index is -0.514. The number of piperazine rings is 1. The second-order valence-electron chi connectivity index (χ2n) is 5.44. The van der Waals surface area contributed by atoms with E-state index in [1.807, 2.05) is 23.1 Å². The van der Waals surface area contributed by atoms with Gasteiger partial charge in [0.2, 0.25) is 5.91 Å². The average molecular weight is 318 g/mol. The van der Waals surface area contributed by atoms with Crippen molar-refractivity contribution in [1.29, 1.82) is 0 Å². The summed E-state index contributed by atoms with van der Waals surface area (Å²) < 4.78 is 0. The summed E-state index contributed by atoms with van der Waals surface area (Å²) in [5, 5.41) is 4.63. The van der Waals surface area contributed by atoms with Crippen molar-refractivity contribution >= 4 is 17.8 Å². The largest absolute Gasteiger partial charge is 0.341 e. The number of imide groups is 1. The molecular weight excluding hydrogens is 296 g/mol. The van der Waals surface area contributed by atoms with Gasteiger partial charge in [-0.15, -0.1) is 0 Å². The Labute approximate surface area is 135 Å². The molecule has 1 aromatic rings. The van der Waals surface area contributed by atoms with Gasteiger partial charge in [0.05, 0.1) is 6.04 Å². The van der Waals surface area contributed by atoms with E-state index in [0.717, 1.165) is 0 Å². The monoisotopic (exact) mass is 318 g/mol. The summed E-state index contributed by atoms with van der Waals surface area (Å²) in [5.74, 6) is -0.333. The van der Waals surface area contributed by atoms with Crippen LogP contribution in [0.5, 0.6) is 0 Å². The predicted octanol–water partition coefficient (Wildman–Crippen LogP) is 0.289. The molecule has 0 aromatic heterocycles. The van der Waals surface area contributed by atoms with Crippen LogP contribution in [-0.2, 0) is 4.79 Å². The van der Waals surface area contributed by atoms with E-state index in [1.54, 1.807) is 24.0 Å². The van der Waals surface area contributed by atoms with Gasteiger partial charge in [-0.05, 0) is 19.1 Å². The molecule has 0 saturated carbocycles. The Kier molecular flexibility index (Phi) is 5.70. The standard InChI is InChI=1S/C16H22N4O3/c1-12(14(21)18-16(23)17-2)19-8-10-20(11-9-19)15(22)13-6-4-3-5-7-13/h3-7,12H,8-11H2,1-2H3,(H2,17,18,21,23)/t12-/m0/s1. The number of carbonyl (C=O) groups is 3. The Morgan fingerprint density at radius 3 is 2.22 bits per heavy atom. The predicted molar refractivity (Wildman–Crippen MR) is 86.0 cm³/mol. The molecule has 1 atom stereocenters. The van der Waals surface area contributed by atoms with Crippen LogP contribution in [0, 0.1) is 0 Å². The van der Waals surface area contributed by atoms with Gasteiger partial charge in [0.25, 0.3) is 5.91 Å². The van der Waals surface area contributed by atoms with Crippen LogP contribution in [0.15, 0.2) is 30.3 Å². The van der Waals surface area contributed by atoms with Gasteiger partial charge in [-0.1, -0.05) is 18.2 Å². The van der Waals surface area contributed by atoms with E-state index in [9.17, 15) is 14.4 Å². The Morgan fingerprint density at radius 2 is 1.65 bits per heavy atom. The molecule has 0 spiro atoms. The van der Waals surface area contributed by atoms with E-state index < -0.39 is 12.1 Å². The molecule has 2 rings (SSSR count). The maximum atomic E-state index is 12.4. The number of nitrogens with zero attached hydrogens (tertiary/aromatic N) is 2. The molecule has 1 heterocycles. The summed E-state index contributed by atoms with van der Waals surface area (Å²) in [6.07, 6.45) is 0. The first-order valence-corrected chi connectivity index (χ1v) is 7.64. The highest BCUT2D eigenvalue weighted by Crippen LogP contribution is 2.11. The number of hydrogen-bond donors (Lipinski definition) is 2. The minimum Gasteiger partial charge on any atom is -0.341 e. The van der Waals surface area contributed by atoms with Gasteiger partial charge in [-0.3, -0.25) is 19.8 Å². The lowest BCUT2D eigenvalue weighted by Gasteiger charge is -2.37. The van der Waals surface area contributed by atoms with Crippen molar-refractivity contribution in [1.82, 2.24) is 20.4 Å². The molecule has 1 aromatic carbocycles. The molecule has 124 valence electrons. The maximum absolute atomic E-state index is 12.4. The average Bonchev–Trinajstić information content (AvgIpc) is 2.61. The lowest BCUT2D eigenvalue weighted by Crippen LogP contribution is -2.56. The number of nitrogens with one attached hydrogen (secondary N) is 2. The van der Waals surface area contributed by atoms with Crippen molar-refractivity contribution in [2.45, 2.75) is 13.0 Å². The second kappa shape index (κ2) is 7.73. The first kappa shape index (κ1) is 17.0. The van der Waals surface area contributed by atoms with Crippen LogP contribution in [0.2, 0.25) is 0 Å². The topological polar surface area (TPSA) is 81.8 Å². The van der Waals surface area contributed by atoms with E-state index in [4.69, 9.17) is 0 Å². The molecule has 1 saturated heterocycles. The zero-order valence-corrected chi connectivity index (χ0v) is 13.4. The Hall–Kier alpha value is -2.41. The highest BCUT2D eigenvalue weighted by atomic mass is 16.2. The summed E-state index contributed by atoms with van der Waals surface area (Å²) in [6.45, 7) is 4.07. The zero-order valence-electron chi connectivity index (χ0n) is 13.4. The Morgan fingerprint density at radius 1 is 1.04 bits per heavy atom. The Balaban J connectivity index is 1.87. The smallest absolute Gasteiger partial charge is 0.321 e. The normalized spacial score (nSPS) is 16.5. The van der Waals surface area contributed by atoms with E-state index in [2.05, 4.69) is 10.6 Å². The molecule has 0 bridgehead atoms. The SMILES string of the molecule is CNC(=O)NC(=O)[C@H](C)N1CCN(C(=O)c2ccccc2)CC1. The fraction of sp³-hybridized carbons (Fsp3) is 0.438. The van der Waals surface area contributed by atoms with Gasteiger partial charge in [-0.25, -0.2) is 4.79 Å². The number of carbonyl (C=O) groups excluding carboxylic acids is 3. The highest BCUT2D eigenvalue weighted by molar-refractivity contribution is 5.96. The number of rotatable bonds is 3. The number of urea groups is 1. The first-order valence-electron chi connectivity index (χ1n) is 7.64. The summed E-state index contributed by atoms with van der Waals surface area (Å²) in [7, 11) is 1.46. The van der Waals surface area contributed by atoms with Crippen molar-refractivity contribution in [2.75, 3.05) is 33.2 Å². The van der Waals surface area contributed by atoms with Crippen molar-refractivity contribution in [3.63, 3.8) is 0 Å². The number of hydrogen-bond acceptors (Lipinski definition) is 4. The highest BCUT2D eigenvalue weighted by Gasteiger charge is 2.28. The molecule has 0 radical (unpaired) electrons. The van der Waals surface area contributed by atoms with E-state index in [1.165, 1.54) is 7.05 Å². The molecule has 1 aliphatic heterocycles. The lowest BCUT2D eigenvalue weighted by molar-refractivity contribution is -0.125. The van der Waals surface area contributed by atoms with Crippen LogP contribution in [0.1, 0.15) is 17.3 Å². The fourth-order valence-electron chi connectivity index (χ4n) is 2.52. The van der Waals surface area contributed by atoms with Gasteiger partial charge in [0.15, 0.2) is 0 Å². The Bertz CT molecular complexity index is 568. The van der Waals surface area contributed by atoms with Crippen LogP contribution in [0.4, 0.5) is 4.79 Å². The second-order valence-corrected chi connectivity index (χ2v) is 5.44. The third-order valence-corrected chi connectivity index (χ3v) is 4.01. The minimum absolute atomic E-state index is 0.00714. The van der Waals surface area contributed by atoms with Crippen molar-refractivity contribution in [2.24, 2.45) is 0 Å². The summed E-state index contributed by atoms with van der Waals surface area (Å²) in [6, 6.07) is 8.23. The van der Waals surface area contributed by atoms with E-state index in [-0.39, 0.29) is 11.8 Å².